The highest BCUT2D eigenvalue weighted by Crippen LogP contribution is 2.28. The summed E-state index contributed by atoms with van der Waals surface area (Å²) in [6.07, 6.45) is 3.61. The van der Waals surface area contributed by atoms with E-state index in [4.69, 9.17) is 10.5 Å². The minimum absolute atomic E-state index is 0.285. The summed E-state index contributed by atoms with van der Waals surface area (Å²) in [5.74, 6) is 0.582. The van der Waals surface area contributed by atoms with Crippen LogP contribution in [0.15, 0.2) is 12.5 Å². The molecule has 0 atom stereocenters. The SMILES string of the molecule is CC1(Cn2cnc(N)c2)COC1. The maximum atomic E-state index is 5.49. The normalized spacial score (nSPS) is 20.4. The number of hydrogen-bond donors (Lipinski definition) is 1. The largest absolute Gasteiger partial charge is 0.382 e. The van der Waals surface area contributed by atoms with Crippen molar-refractivity contribution < 1.29 is 4.74 Å². The average molecular weight is 167 g/mol. The number of nitrogens with two attached hydrogens (primary N) is 1. The van der Waals surface area contributed by atoms with Crippen molar-refractivity contribution in [2.45, 2.75) is 13.5 Å². The third-order valence-corrected chi connectivity index (χ3v) is 2.12. The minimum atomic E-state index is 0.285. The van der Waals surface area contributed by atoms with Gasteiger partial charge in [0.2, 0.25) is 0 Å². The highest BCUT2D eigenvalue weighted by molar-refractivity contribution is 5.22. The lowest BCUT2D eigenvalue weighted by Gasteiger charge is -2.38. The number of nitrogens with zero attached hydrogens (tertiary/aromatic N) is 2. The van der Waals surface area contributed by atoms with Crippen molar-refractivity contribution in [2.24, 2.45) is 5.41 Å². The molecular weight excluding hydrogens is 154 g/mol. The fraction of sp³-hybridized carbons (Fsp3) is 0.625. The van der Waals surface area contributed by atoms with Crippen LogP contribution in [-0.2, 0) is 11.3 Å². The van der Waals surface area contributed by atoms with Gasteiger partial charge in [-0.1, -0.05) is 6.92 Å². The highest BCUT2D eigenvalue weighted by Gasteiger charge is 2.33. The van der Waals surface area contributed by atoms with E-state index in [2.05, 4.69) is 11.9 Å². The molecule has 2 N–H and O–H groups in total. The second kappa shape index (κ2) is 2.48. The zero-order valence-electron chi connectivity index (χ0n) is 7.16. The molecule has 1 aliphatic heterocycles. The Morgan fingerprint density at radius 2 is 2.50 bits per heavy atom. The Kier molecular flexibility index (Phi) is 1.58. The molecular formula is C8H13N3O. The molecule has 1 saturated heterocycles. The van der Waals surface area contributed by atoms with Gasteiger partial charge in [0.25, 0.3) is 0 Å². The summed E-state index contributed by atoms with van der Waals surface area (Å²) in [7, 11) is 0. The molecule has 0 spiro atoms. The summed E-state index contributed by atoms with van der Waals surface area (Å²) in [6, 6.07) is 0. The monoisotopic (exact) mass is 167 g/mol. The Morgan fingerprint density at radius 3 is 2.92 bits per heavy atom. The molecule has 0 amide bonds. The number of hydrogen-bond acceptors (Lipinski definition) is 3. The van der Waals surface area contributed by atoms with Crippen LogP contribution >= 0.6 is 0 Å². The van der Waals surface area contributed by atoms with Crippen LogP contribution in [0.2, 0.25) is 0 Å². The Morgan fingerprint density at radius 1 is 1.75 bits per heavy atom. The van der Waals surface area contributed by atoms with E-state index in [1.807, 2.05) is 10.8 Å². The van der Waals surface area contributed by atoms with Crippen LogP contribution in [0.4, 0.5) is 5.82 Å². The van der Waals surface area contributed by atoms with Gasteiger partial charge < -0.3 is 15.0 Å². The molecule has 66 valence electrons. The first kappa shape index (κ1) is 7.61. The lowest BCUT2D eigenvalue weighted by atomic mass is 9.89. The first-order valence-corrected chi connectivity index (χ1v) is 4.03. The molecule has 1 aromatic rings. The van der Waals surface area contributed by atoms with Gasteiger partial charge in [0.1, 0.15) is 5.82 Å². The van der Waals surface area contributed by atoms with E-state index in [-0.39, 0.29) is 5.41 Å². The Hall–Kier alpha value is -1.03. The van der Waals surface area contributed by atoms with Crippen molar-refractivity contribution in [3.05, 3.63) is 12.5 Å². The quantitative estimate of drug-likeness (QED) is 0.698. The van der Waals surface area contributed by atoms with E-state index in [0.29, 0.717) is 5.82 Å². The van der Waals surface area contributed by atoms with E-state index in [1.54, 1.807) is 6.33 Å². The van der Waals surface area contributed by atoms with Crippen molar-refractivity contribution in [3.8, 4) is 0 Å². The number of anilines is 1. The number of imidazole rings is 1. The van der Waals surface area contributed by atoms with Gasteiger partial charge in [-0.05, 0) is 0 Å². The van der Waals surface area contributed by atoms with Gasteiger partial charge in [-0.15, -0.1) is 0 Å². The van der Waals surface area contributed by atoms with Crippen LogP contribution < -0.4 is 5.73 Å². The minimum Gasteiger partial charge on any atom is -0.382 e. The second-order valence-electron chi connectivity index (χ2n) is 3.77. The van der Waals surface area contributed by atoms with Crippen molar-refractivity contribution in [2.75, 3.05) is 18.9 Å². The van der Waals surface area contributed by atoms with Crippen LogP contribution in [0, 0.1) is 5.41 Å². The van der Waals surface area contributed by atoms with Gasteiger partial charge in [-0.3, -0.25) is 0 Å². The topological polar surface area (TPSA) is 53.1 Å². The van der Waals surface area contributed by atoms with Crippen LogP contribution in [-0.4, -0.2) is 22.8 Å². The van der Waals surface area contributed by atoms with Gasteiger partial charge in [-0.25, -0.2) is 4.98 Å². The molecule has 4 nitrogen and oxygen atoms in total. The molecule has 0 bridgehead atoms. The number of rotatable bonds is 2. The molecule has 2 rings (SSSR count). The second-order valence-corrected chi connectivity index (χ2v) is 3.77. The summed E-state index contributed by atoms with van der Waals surface area (Å²) in [5, 5.41) is 0. The molecule has 0 unspecified atom stereocenters. The summed E-state index contributed by atoms with van der Waals surface area (Å²) in [6.45, 7) is 4.82. The first-order valence-electron chi connectivity index (χ1n) is 4.03. The third-order valence-electron chi connectivity index (χ3n) is 2.12. The van der Waals surface area contributed by atoms with Gasteiger partial charge >= 0.3 is 0 Å². The van der Waals surface area contributed by atoms with E-state index >= 15 is 0 Å². The maximum absolute atomic E-state index is 5.49. The van der Waals surface area contributed by atoms with E-state index in [0.717, 1.165) is 19.8 Å². The molecule has 0 aliphatic carbocycles. The van der Waals surface area contributed by atoms with Crippen molar-refractivity contribution >= 4 is 5.82 Å². The number of aromatic nitrogens is 2. The molecule has 2 heterocycles. The molecule has 1 aromatic heterocycles. The van der Waals surface area contributed by atoms with Crippen molar-refractivity contribution in [1.29, 1.82) is 0 Å². The Bertz CT molecular complexity index is 278. The zero-order chi connectivity index (χ0) is 8.60. The summed E-state index contributed by atoms with van der Waals surface area (Å²) >= 11 is 0. The molecule has 0 radical (unpaired) electrons. The van der Waals surface area contributed by atoms with Gasteiger partial charge in [-0.2, -0.15) is 0 Å². The summed E-state index contributed by atoms with van der Waals surface area (Å²) in [4.78, 5) is 3.96. The zero-order valence-corrected chi connectivity index (χ0v) is 7.16. The number of nitrogen functional groups attached to an aromatic ring is 1. The number of ether oxygens (including phenoxy) is 1. The standard InChI is InChI=1S/C8H13N3O/c1-8(4-12-5-8)3-11-2-7(9)10-6-11/h2,6H,3-5,9H2,1H3. The van der Waals surface area contributed by atoms with Crippen LogP contribution in [0.1, 0.15) is 6.92 Å². The van der Waals surface area contributed by atoms with E-state index in [9.17, 15) is 0 Å². The van der Waals surface area contributed by atoms with Crippen molar-refractivity contribution in [1.82, 2.24) is 9.55 Å². The molecule has 0 saturated carbocycles. The summed E-state index contributed by atoms with van der Waals surface area (Å²) < 4.78 is 7.16. The van der Waals surface area contributed by atoms with Gasteiger partial charge in [0.05, 0.1) is 19.5 Å². The highest BCUT2D eigenvalue weighted by atomic mass is 16.5. The lowest BCUT2D eigenvalue weighted by Crippen LogP contribution is -2.42. The first-order chi connectivity index (χ1) is 5.68. The van der Waals surface area contributed by atoms with Crippen LogP contribution in [0.5, 0.6) is 0 Å². The molecule has 4 heteroatoms. The fourth-order valence-corrected chi connectivity index (χ4v) is 1.45. The average Bonchev–Trinajstić information content (AvgIpc) is 2.32. The Labute approximate surface area is 71.3 Å². The van der Waals surface area contributed by atoms with Crippen molar-refractivity contribution in [3.63, 3.8) is 0 Å². The molecule has 1 fully saturated rings. The maximum Gasteiger partial charge on any atom is 0.141 e. The molecule has 12 heavy (non-hydrogen) atoms. The molecule has 0 aromatic carbocycles. The van der Waals surface area contributed by atoms with Gasteiger partial charge in [0, 0.05) is 18.2 Å². The molecule has 1 aliphatic rings. The van der Waals surface area contributed by atoms with Crippen LogP contribution in [0.25, 0.3) is 0 Å². The lowest BCUT2D eigenvalue weighted by molar-refractivity contribution is -0.110. The predicted molar refractivity (Wildman–Crippen MR) is 45.6 cm³/mol. The smallest absolute Gasteiger partial charge is 0.141 e. The predicted octanol–water partition coefficient (Wildman–Crippen LogP) is 0.502. The van der Waals surface area contributed by atoms with Gasteiger partial charge in [0.15, 0.2) is 0 Å². The van der Waals surface area contributed by atoms with Crippen LogP contribution in [0.3, 0.4) is 0 Å². The van der Waals surface area contributed by atoms with E-state index in [1.165, 1.54) is 0 Å². The van der Waals surface area contributed by atoms with E-state index < -0.39 is 0 Å². The third kappa shape index (κ3) is 1.30. The summed E-state index contributed by atoms with van der Waals surface area (Å²) in [5.41, 5.74) is 5.78. The fourth-order valence-electron chi connectivity index (χ4n) is 1.45. The Balaban J connectivity index is 2.03.